The summed E-state index contributed by atoms with van der Waals surface area (Å²) in [6, 6.07) is 15.0. The van der Waals surface area contributed by atoms with Gasteiger partial charge in [0, 0.05) is 5.69 Å². The van der Waals surface area contributed by atoms with E-state index in [-0.39, 0.29) is 5.91 Å². The molecule has 4 nitrogen and oxygen atoms in total. The van der Waals surface area contributed by atoms with Crippen molar-refractivity contribution in [3.8, 4) is 0 Å². The van der Waals surface area contributed by atoms with Gasteiger partial charge in [-0.05, 0) is 61.6 Å². The first kappa shape index (κ1) is 19.8. The fourth-order valence-corrected chi connectivity index (χ4v) is 5.51. The number of aryl methyl sites for hydroxylation is 1. The van der Waals surface area contributed by atoms with Crippen molar-refractivity contribution >= 4 is 41.1 Å². The first-order chi connectivity index (χ1) is 13.0. The second kappa shape index (κ2) is 9.33. The molecule has 2 aromatic rings. The number of carbonyl (C=O) groups is 2. The molecular formula is C21H23NO3S2. The average molecular weight is 402 g/mol. The van der Waals surface area contributed by atoms with Gasteiger partial charge in [0.15, 0.2) is 6.10 Å². The Balaban J connectivity index is 1.55. The van der Waals surface area contributed by atoms with E-state index in [9.17, 15) is 9.59 Å². The fraction of sp³-hybridized carbons (Fsp3) is 0.333. The van der Waals surface area contributed by atoms with Crippen LogP contribution in [-0.4, -0.2) is 29.5 Å². The Labute approximate surface area is 168 Å². The molecule has 0 radical (unpaired) electrons. The molecule has 1 N–H and O–H groups in total. The van der Waals surface area contributed by atoms with Gasteiger partial charge in [0.05, 0.1) is 10.1 Å². The lowest BCUT2D eigenvalue weighted by atomic mass is 10.1. The highest BCUT2D eigenvalue weighted by Crippen LogP contribution is 2.43. The monoisotopic (exact) mass is 401 g/mol. The van der Waals surface area contributed by atoms with E-state index >= 15 is 0 Å². The molecule has 1 atom stereocenters. The largest absolute Gasteiger partial charge is 0.449 e. The van der Waals surface area contributed by atoms with Crippen molar-refractivity contribution in [3.63, 3.8) is 0 Å². The fourth-order valence-electron chi connectivity index (χ4n) is 2.62. The summed E-state index contributed by atoms with van der Waals surface area (Å²) in [5, 5.41) is 2.76. The summed E-state index contributed by atoms with van der Waals surface area (Å²) in [6.07, 6.45) is 0.377. The molecule has 142 valence electrons. The number of hydrogen-bond donors (Lipinski definition) is 1. The molecule has 1 amide bonds. The number of anilines is 1. The number of esters is 1. The van der Waals surface area contributed by atoms with Crippen LogP contribution in [0.4, 0.5) is 5.69 Å². The predicted molar refractivity (Wildman–Crippen MR) is 113 cm³/mol. The molecule has 3 rings (SSSR count). The molecule has 1 aliphatic rings. The number of hydrogen-bond acceptors (Lipinski definition) is 5. The highest BCUT2D eigenvalue weighted by Gasteiger charge is 2.20. The topological polar surface area (TPSA) is 55.4 Å². The maximum atomic E-state index is 12.3. The van der Waals surface area contributed by atoms with Gasteiger partial charge in [0.2, 0.25) is 0 Å². The number of benzene rings is 2. The van der Waals surface area contributed by atoms with Crippen LogP contribution in [0.1, 0.15) is 39.4 Å². The first-order valence-corrected chi connectivity index (χ1v) is 11.0. The van der Waals surface area contributed by atoms with Crippen LogP contribution >= 0.6 is 23.5 Å². The third-order valence-corrected chi connectivity index (χ3v) is 7.23. The number of amides is 1. The second-order valence-corrected chi connectivity index (χ2v) is 9.18. The minimum absolute atomic E-state index is 0.348. The van der Waals surface area contributed by atoms with E-state index in [1.54, 1.807) is 19.1 Å². The Morgan fingerprint density at radius 1 is 1.04 bits per heavy atom. The molecule has 0 aromatic heterocycles. The van der Waals surface area contributed by atoms with Crippen LogP contribution in [0.15, 0.2) is 48.5 Å². The maximum Gasteiger partial charge on any atom is 0.338 e. The second-order valence-electron chi connectivity index (χ2n) is 6.45. The minimum Gasteiger partial charge on any atom is -0.449 e. The summed E-state index contributed by atoms with van der Waals surface area (Å²) >= 11 is 3.88. The molecular weight excluding hydrogens is 378 g/mol. The van der Waals surface area contributed by atoms with Crippen molar-refractivity contribution in [3.05, 3.63) is 65.2 Å². The summed E-state index contributed by atoms with van der Waals surface area (Å²) in [7, 11) is 0. The Hall–Kier alpha value is -1.92. The van der Waals surface area contributed by atoms with Gasteiger partial charge in [-0.3, -0.25) is 4.79 Å². The Morgan fingerprint density at radius 3 is 2.30 bits per heavy atom. The van der Waals surface area contributed by atoms with Gasteiger partial charge < -0.3 is 10.1 Å². The van der Waals surface area contributed by atoms with Crippen LogP contribution < -0.4 is 5.32 Å². The molecule has 0 unspecified atom stereocenters. The minimum atomic E-state index is -0.872. The van der Waals surface area contributed by atoms with E-state index < -0.39 is 12.1 Å². The Kier molecular flexibility index (Phi) is 6.85. The molecule has 1 heterocycles. The molecule has 0 bridgehead atoms. The van der Waals surface area contributed by atoms with E-state index in [0.717, 1.165) is 5.56 Å². The van der Waals surface area contributed by atoms with Gasteiger partial charge in [-0.15, -0.1) is 23.5 Å². The van der Waals surface area contributed by atoms with Crippen LogP contribution in [0.5, 0.6) is 0 Å². The number of ether oxygens (including phenoxy) is 1. The molecule has 27 heavy (non-hydrogen) atoms. The van der Waals surface area contributed by atoms with Crippen LogP contribution in [0.25, 0.3) is 0 Å². The smallest absolute Gasteiger partial charge is 0.338 e. The Morgan fingerprint density at radius 2 is 1.67 bits per heavy atom. The van der Waals surface area contributed by atoms with Crippen molar-refractivity contribution in [1.29, 1.82) is 0 Å². The van der Waals surface area contributed by atoms with E-state index in [2.05, 4.69) is 5.32 Å². The van der Waals surface area contributed by atoms with E-state index in [4.69, 9.17) is 4.74 Å². The quantitative estimate of drug-likeness (QED) is 0.711. The van der Waals surface area contributed by atoms with Crippen molar-refractivity contribution in [2.45, 2.75) is 31.0 Å². The summed E-state index contributed by atoms with van der Waals surface area (Å²) in [6.45, 7) is 3.55. The highest BCUT2D eigenvalue weighted by molar-refractivity contribution is 8.16. The van der Waals surface area contributed by atoms with Crippen molar-refractivity contribution in [1.82, 2.24) is 0 Å². The number of thioether (sulfide) groups is 2. The molecule has 0 saturated carbocycles. The predicted octanol–water partition coefficient (Wildman–Crippen LogP) is 5.05. The van der Waals surface area contributed by atoms with E-state index in [1.807, 2.05) is 66.8 Å². The number of carbonyl (C=O) groups excluding carboxylic acids is 2. The standard InChI is InChI=1S/C21H23NO3S2/c1-14-4-10-18(11-5-14)22-19(23)15(2)25-20(24)16-6-8-17(9-7-16)21-26-12-3-13-27-21/h4-11,15,21H,3,12-13H2,1-2H3,(H,22,23)/t15-/m1/s1. The third-order valence-electron chi connectivity index (χ3n) is 4.22. The third kappa shape index (κ3) is 5.53. The molecule has 1 saturated heterocycles. The molecule has 6 heteroatoms. The van der Waals surface area contributed by atoms with E-state index in [0.29, 0.717) is 15.8 Å². The van der Waals surface area contributed by atoms with Gasteiger partial charge in [0.25, 0.3) is 5.91 Å². The van der Waals surface area contributed by atoms with Crippen LogP contribution in [0.3, 0.4) is 0 Å². The average Bonchev–Trinajstić information content (AvgIpc) is 2.70. The van der Waals surface area contributed by atoms with Crippen LogP contribution in [0, 0.1) is 6.92 Å². The first-order valence-electron chi connectivity index (χ1n) is 8.94. The highest BCUT2D eigenvalue weighted by atomic mass is 32.2. The zero-order valence-corrected chi connectivity index (χ0v) is 17.1. The van der Waals surface area contributed by atoms with Gasteiger partial charge in [0.1, 0.15) is 0 Å². The van der Waals surface area contributed by atoms with Crippen LogP contribution in [0.2, 0.25) is 0 Å². The molecule has 2 aromatic carbocycles. The van der Waals surface area contributed by atoms with Crippen molar-refractivity contribution in [2.75, 3.05) is 16.8 Å². The van der Waals surface area contributed by atoms with Gasteiger partial charge >= 0.3 is 5.97 Å². The van der Waals surface area contributed by atoms with Crippen molar-refractivity contribution < 1.29 is 14.3 Å². The van der Waals surface area contributed by atoms with Crippen molar-refractivity contribution in [2.24, 2.45) is 0 Å². The summed E-state index contributed by atoms with van der Waals surface area (Å²) in [5.41, 5.74) is 3.47. The lowest BCUT2D eigenvalue weighted by Gasteiger charge is -2.21. The van der Waals surface area contributed by atoms with Crippen LogP contribution in [-0.2, 0) is 9.53 Å². The molecule has 0 aliphatic carbocycles. The van der Waals surface area contributed by atoms with Gasteiger partial charge in [-0.1, -0.05) is 29.8 Å². The van der Waals surface area contributed by atoms with Gasteiger partial charge in [-0.25, -0.2) is 4.79 Å². The number of rotatable bonds is 5. The number of nitrogens with one attached hydrogen (secondary N) is 1. The van der Waals surface area contributed by atoms with E-state index in [1.165, 1.54) is 23.5 Å². The molecule has 1 aliphatic heterocycles. The zero-order chi connectivity index (χ0) is 19.2. The molecule has 0 spiro atoms. The lowest BCUT2D eigenvalue weighted by molar-refractivity contribution is -0.123. The summed E-state index contributed by atoms with van der Waals surface area (Å²) < 4.78 is 5.75. The van der Waals surface area contributed by atoms with Gasteiger partial charge in [-0.2, -0.15) is 0 Å². The summed E-state index contributed by atoms with van der Waals surface area (Å²) in [4.78, 5) is 24.6. The lowest BCUT2D eigenvalue weighted by Crippen LogP contribution is -2.30. The maximum absolute atomic E-state index is 12.3. The zero-order valence-electron chi connectivity index (χ0n) is 15.4. The molecule has 1 fully saturated rings. The summed E-state index contributed by atoms with van der Waals surface area (Å²) in [5.74, 6) is 1.51. The SMILES string of the molecule is Cc1ccc(NC(=O)[C@@H](C)OC(=O)c2ccc(C3SCCCS3)cc2)cc1. The Bertz CT molecular complexity index is 784. The normalized spacial score (nSPS) is 15.8.